The molecule has 0 aromatic heterocycles. The van der Waals surface area contributed by atoms with Crippen LogP contribution >= 0.6 is 7.82 Å². The van der Waals surface area contributed by atoms with Crippen molar-refractivity contribution in [3.8, 4) is 0 Å². The van der Waals surface area contributed by atoms with Crippen LogP contribution in [0.15, 0.2) is 122 Å². The summed E-state index contributed by atoms with van der Waals surface area (Å²) in [4.78, 5) is 38.2. The third kappa shape index (κ3) is 79.4. The van der Waals surface area contributed by atoms with Gasteiger partial charge in [0.2, 0.25) is 0 Å². The Labute approximate surface area is 594 Å². The number of unbranched alkanes of at least 4 members (excludes halogenated alkanes) is 40. The number of quaternary nitrogens is 1. The molecule has 0 rings (SSSR count). The molecule has 0 spiro atoms. The van der Waals surface area contributed by atoms with Crippen LogP contribution in [-0.2, 0) is 32.7 Å². The SMILES string of the molecule is CC/C=C\C/C=C\C/C=C\C/C=C\C/C=C\CCCCCCCCCCCCCCCCCCCCCCCCCCCC(=O)OC(COC(=O)CCCCCCCCCCCCCCCCC/C=C\C/C=C\C/C=C\C/C=C\C/C=C\CC)COP(=O)([O-])OCC[N+](C)(C)C. The molecule has 0 aromatic rings. The molecule has 0 N–H and O–H groups in total. The van der Waals surface area contributed by atoms with Crippen LogP contribution in [0.2, 0.25) is 0 Å². The molecular weight excluding hydrogens is 1210 g/mol. The van der Waals surface area contributed by atoms with Gasteiger partial charge in [-0.25, -0.2) is 0 Å². The maximum Gasteiger partial charge on any atom is 0.306 e. The average Bonchev–Trinajstić information content (AvgIpc) is 2.54. The monoisotopic (exact) mass is 1360 g/mol. The lowest BCUT2D eigenvalue weighted by molar-refractivity contribution is -0.870. The van der Waals surface area contributed by atoms with Gasteiger partial charge in [0.15, 0.2) is 6.10 Å². The summed E-state index contributed by atoms with van der Waals surface area (Å²) in [5.41, 5.74) is 0. The van der Waals surface area contributed by atoms with Crippen molar-refractivity contribution in [2.24, 2.45) is 0 Å². The predicted molar refractivity (Wildman–Crippen MR) is 415 cm³/mol. The first-order valence-electron chi connectivity index (χ1n) is 40.2. The van der Waals surface area contributed by atoms with Crippen LogP contribution < -0.4 is 4.89 Å². The van der Waals surface area contributed by atoms with E-state index >= 15 is 0 Å². The van der Waals surface area contributed by atoms with Crippen molar-refractivity contribution in [1.29, 1.82) is 0 Å². The number of phosphoric acid groups is 1. The normalized spacial score (nSPS) is 13.7. The van der Waals surface area contributed by atoms with Crippen LogP contribution in [0.25, 0.3) is 0 Å². The van der Waals surface area contributed by atoms with E-state index in [0.29, 0.717) is 17.4 Å². The smallest absolute Gasteiger partial charge is 0.306 e. The second-order valence-corrected chi connectivity index (χ2v) is 29.4. The minimum Gasteiger partial charge on any atom is -0.756 e. The highest BCUT2D eigenvalue weighted by molar-refractivity contribution is 7.45. The summed E-state index contributed by atoms with van der Waals surface area (Å²) in [5, 5.41) is 0. The Morgan fingerprint density at radius 3 is 0.833 bits per heavy atom. The number of phosphoric ester groups is 1. The van der Waals surface area contributed by atoms with Gasteiger partial charge >= 0.3 is 11.9 Å². The minimum atomic E-state index is -4.65. The number of esters is 2. The Morgan fingerprint density at radius 1 is 0.323 bits per heavy atom. The maximum atomic E-state index is 12.9. The molecule has 0 radical (unpaired) electrons. The molecule has 0 heterocycles. The number of hydrogen-bond donors (Lipinski definition) is 0. The Hall–Kier alpha value is -3.59. The van der Waals surface area contributed by atoms with Gasteiger partial charge in [-0.2, -0.15) is 0 Å². The second-order valence-electron chi connectivity index (χ2n) is 28.0. The fraction of sp³-hybridized carbons (Fsp3) is 0.744. The Balaban J connectivity index is 3.92. The summed E-state index contributed by atoms with van der Waals surface area (Å²) in [6.45, 7) is 4.05. The summed E-state index contributed by atoms with van der Waals surface area (Å²) in [6.07, 6.45) is 109. The van der Waals surface area contributed by atoms with Gasteiger partial charge in [0.1, 0.15) is 19.8 Å². The van der Waals surface area contributed by atoms with Gasteiger partial charge in [-0.05, 0) is 103 Å². The average molecular weight is 1360 g/mol. The standard InChI is InChI=1S/C86H152NO8P/c1-6-8-10-12-14-16-18-20-22-24-26-28-30-32-34-36-38-39-40-41-42-43-44-45-46-47-49-51-53-55-57-59-61-63-65-67-69-71-73-75-77-79-86(89)95-84(83-94-96(90,91)93-81-80-87(3,4)5)82-92-85(88)78-76-74-72-70-68-66-64-62-60-58-56-54-52-50-48-37-35-33-31-29-27-25-23-21-19-17-15-13-11-9-7-2/h8-11,14-17,20-23,26-29,32-35,84H,6-7,12-13,18-19,24-25,30-31,36-83H2,1-5H3/b10-8-,11-9-,16-14-,17-15-,22-20-,23-21-,28-26-,29-27-,34-32-,35-33-. The van der Waals surface area contributed by atoms with Crippen molar-refractivity contribution in [3.05, 3.63) is 122 Å². The summed E-state index contributed by atoms with van der Waals surface area (Å²) in [7, 11) is 1.17. The molecule has 2 unspecified atom stereocenters. The summed E-state index contributed by atoms with van der Waals surface area (Å²) in [5.74, 6) is -0.820. The molecule has 9 nitrogen and oxygen atoms in total. The van der Waals surface area contributed by atoms with Crippen LogP contribution in [0.3, 0.4) is 0 Å². The second kappa shape index (κ2) is 75.6. The van der Waals surface area contributed by atoms with E-state index in [1.807, 2.05) is 21.1 Å². The minimum absolute atomic E-state index is 0.0321. The van der Waals surface area contributed by atoms with E-state index in [-0.39, 0.29) is 32.0 Å². The van der Waals surface area contributed by atoms with E-state index in [0.717, 1.165) is 103 Å². The Morgan fingerprint density at radius 2 is 0.562 bits per heavy atom. The van der Waals surface area contributed by atoms with Crippen molar-refractivity contribution < 1.29 is 42.1 Å². The first-order valence-corrected chi connectivity index (χ1v) is 41.7. The van der Waals surface area contributed by atoms with Gasteiger partial charge in [0, 0.05) is 12.8 Å². The summed E-state index contributed by atoms with van der Waals surface area (Å²) < 4.78 is 34.4. The quantitative estimate of drug-likeness (QED) is 0.0195. The summed E-state index contributed by atoms with van der Waals surface area (Å²) >= 11 is 0. The maximum absolute atomic E-state index is 12.9. The molecule has 0 bridgehead atoms. The topological polar surface area (TPSA) is 111 Å². The fourth-order valence-corrected chi connectivity index (χ4v) is 12.2. The highest BCUT2D eigenvalue weighted by atomic mass is 31.2. The number of hydrogen-bond acceptors (Lipinski definition) is 8. The lowest BCUT2D eigenvalue weighted by Gasteiger charge is -2.28. The molecule has 0 fully saturated rings. The fourth-order valence-electron chi connectivity index (χ4n) is 11.4. The third-order valence-corrected chi connectivity index (χ3v) is 18.4. The lowest BCUT2D eigenvalue weighted by atomic mass is 10.0. The number of ether oxygens (including phenoxy) is 2. The first kappa shape index (κ1) is 92.4. The van der Waals surface area contributed by atoms with Gasteiger partial charge in [0.05, 0.1) is 27.7 Å². The predicted octanol–water partition coefficient (Wildman–Crippen LogP) is 26.3. The molecule has 0 saturated heterocycles. The van der Waals surface area contributed by atoms with Crippen molar-refractivity contribution >= 4 is 19.8 Å². The van der Waals surface area contributed by atoms with Crippen molar-refractivity contribution in [2.45, 2.75) is 367 Å². The summed E-state index contributed by atoms with van der Waals surface area (Å²) in [6, 6.07) is 0. The number of nitrogens with zero attached hydrogens (tertiary/aromatic N) is 1. The third-order valence-electron chi connectivity index (χ3n) is 17.5. The molecule has 0 amide bonds. The zero-order chi connectivity index (χ0) is 69.7. The molecule has 0 aliphatic carbocycles. The van der Waals surface area contributed by atoms with E-state index in [1.54, 1.807) is 0 Å². The molecule has 96 heavy (non-hydrogen) atoms. The number of rotatable bonds is 74. The van der Waals surface area contributed by atoms with E-state index in [2.05, 4.69) is 135 Å². The van der Waals surface area contributed by atoms with Gasteiger partial charge in [0.25, 0.3) is 7.82 Å². The molecule has 0 aliphatic heterocycles. The van der Waals surface area contributed by atoms with E-state index in [4.69, 9.17) is 18.5 Å². The molecule has 0 aliphatic rings. The van der Waals surface area contributed by atoms with Crippen molar-refractivity contribution in [2.75, 3.05) is 47.5 Å². The number of carbonyl (C=O) groups excluding carboxylic acids is 2. The van der Waals surface area contributed by atoms with Gasteiger partial charge in [-0.3, -0.25) is 14.2 Å². The highest BCUT2D eigenvalue weighted by Crippen LogP contribution is 2.38. The Kier molecular flexibility index (Phi) is 72.8. The van der Waals surface area contributed by atoms with Gasteiger partial charge in [-0.15, -0.1) is 0 Å². The molecule has 554 valence electrons. The zero-order valence-electron chi connectivity index (χ0n) is 63.3. The van der Waals surface area contributed by atoms with Crippen molar-refractivity contribution in [1.82, 2.24) is 0 Å². The highest BCUT2D eigenvalue weighted by Gasteiger charge is 2.22. The van der Waals surface area contributed by atoms with Gasteiger partial charge in [-0.1, -0.05) is 367 Å². The van der Waals surface area contributed by atoms with Crippen LogP contribution in [-0.4, -0.2) is 70.0 Å². The van der Waals surface area contributed by atoms with E-state index in [9.17, 15) is 19.0 Å². The number of allylic oxidation sites excluding steroid dienone is 20. The Bertz CT molecular complexity index is 2040. The molecule has 0 aromatic carbocycles. The molecule has 10 heteroatoms. The number of carbonyl (C=O) groups is 2. The number of likely N-dealkylation sites (N-methyl/N-ethyl adjacent to an activating group) is 1. The van der Waals surface area contributed by atoms with E-state index in [1.165, 1.54) is 225 Å². The molecule has 0 saturated carbocycles. The van der Waals surface area contributed by atoms with Crippen LogP contribution in [0.5, 0.6) is 0 Å². The van der Waals surface area contributed by atoms with Crippen LogP contribution in [0.4, 0.5) is 0 Å². The van der Waals surface area contributed by atoms with Gasteiger partial charge < -0.3 is 27.9 Å². The lowest BCUT2D eigenvalue weighted by Crippen LogP contribution is -2.37. The molecular formula is C86H152NO8P. The van der Waals surface area contributed by atoms with E-state index < -0.39 is 26.5 Å². The zero-order valence-corrected chi connectivity index (χ0v) is 64.2. The largest absolute Gasteiger partial charge is 0.756 e. The van der Waals surface area contributed by atoms with Crippen molar-refractivity contribution in [3.63, 3.8) is 0 Å². The van der Waals surface area contributed by atoms with Crippen LogP contribution in [0.1, 0.15) is 361 Å². The first-order chi connectivity index (χ1) is 47.0. The van der Waals surface area contributed by atoms with Crippen LogP contribution in [0, 0.1) is 0 Å². The molecule has 2 atom stereocenters.